The fourth-order valence-electron chi connectivity index (χ4n) is 2.03. The van der Waals surface area contributed by atoms with Crippen LogP contribution >= 0.6 is 0 Å². The van der Waals surface area contributed by atoms with E-state index >= 15 is 0 Å². The SMILES string of the molecule is Cc1ccc(Oc2ccc(C)cc2C(F)(F)F)c(C(F)(F)F)c1. The van der Waals surface area contributed by atoms with Gasteiger partial charge in [-0.15, -0.1) is 0 Å². The van der Waals surface area contributed by atoms with E-state index in [1.165, 1.54) is 26.0 Å². The van der Waals surface area contributed by atoms with Gasteiger partial charge in [0.25, 0.3) is 0 Å². The van der Waals surface area contributed by atoms with Crippen LogP contribution in [-0.4, -0.2) is 0 Å². The normalized spacial score (nSPS) is 12.3. The molecule has 1 nitrogen and oxygen atoms in total. The summed E-state index contributed by atoms with van der Waals surface area (Å²) in [5.41, 5.74) is -1.59. The van der Waals surface area contributed by atoms with Crippen molar-refractivity contribution in [3.63, 3.8) is 0 Å². The van der Waals surface area contributed by atoms with Gasteiger partial charge in [-0.2, -0.15) is 26.3 Å². The lowest BCUT2D eigenvalue weighted by Gasteiger charge is -2.18. The van der Waals surface area contributed by atoms with E-state index in [0.717, 1.165) is 24.3 Å². The Hall–Kier alpha value is -2.18. The Morgan fingerprint density at radius 2 is 1.00 bits per heavy atom. The predicted octanol–water partition coefficient (Wildman–Crippen LogP) is 6.13. The summed E-state index contributed by atoms with van der Waals surface area (Å²) >= 11 is 0. The Kier molecular flexibility index (Phi) is 4.32. The molecule has 2 rings (SSSR count). The second-order valence-corrected chi connectivity index (χ2v) is 5.10. The minimum Gasteiger partial charge on any atom is -0.456 e. The zero-order valence-corrected chi connectivity index (χ0v) is 12.1. The van der Waals surface area contributed by atoms with E-state index in [4.69, 9.17) is 4.74 Å². The van der Waals surface area contributed by atoms with Crippen LogP contribution in [0.4, 0.5) is 26.3 Å². The minimum atomic E-state index is -4.73. The lowest BCUT2D eigenvalue weighted by Crippen LogP contribution is -2.10. The maximum absolute atomic E-state index is 13.0. The summed E-state index contributed by atoms with van der Waals surface area (Å²) in [5.74, 6) is -1.34. The van der Waals surface area contributed by atoms with Gasteiger partial charge in [0.15, 0.2) is 0 Å². The first kappa shape index (κ1) is 17.2. The van der Waals surface area contributed by atoms with E-state index in [0.29, 0.717) is 11.1 Å². The van der Waals surface area contributed by atoms with Crippen molar-refractivity contribution < 1.29 is 31.1 Å². The van der Waals surface area contributed by atoms with E-state index in [-0.39, 0.29) is 0 Å². The molecular weight excluding hydrogens is 322 g/mol. The van der Waals surface area contributed by atoms with Gasteiger partial charge in [-0.25, -0.2) is 0 Å². The van der Waals surface area contributed by atoms with Gasteiger partial charge in [-0.1, -0.05) is 23.3 Å². The second-order valence-electron chi connectivity index (χ2n) is 5.10. The van der Waals surface area contributed by atoms with Gasteiger partial charge in [0.2, 0.25) is 0 Å². The summed E-state index contributed by atoms with van der Waals surface area (Å²) in [6.07, 6.45) is -9.46. The maximum atomic E-state index is 13.0. The van der Waals surface area contributed by atoms with Crippen molar-refractivity contribution in [3.05, 3.63) is 58.7 Å². The lowest BCUT2D eigenvalue weighted by molar-refractivity contribution is -0.139. The highest BCUT2D eigenvalue weighted by Gasteiger charge is 2.37. The first-order chi connectivity index (χ1) is 10.5. The number of hydrogen-bond donors (Lipinski definition) is 0. The number of halogens is 6. The number of aryl methyl sites for hydroxylation is 2. The van der Waals surface area contributed by atoms with Crippen LogP contribution in [0.3, 0.4) is 0 Å². The van der Waals surface area contributed by atoms with Crippen molar-refractivity contribution in [3.8, 4) is 11.5 Å². The highest BCUT2D eigenvalue weighted by Crippen LogP contribution is 2.42. The van der Waals surface area contributed by atoms with Gasteiger partial charge < -0.3 is 4.74 Å². The smallest absolute Gasteiger partial charge is 0.419 e. The first-order valence-corrected chi connectivity index (χ1v) is 6.52. The molecule has 0 spiro atoms. The molecule has 0 radical (unpaired) electrons. The number of alkyl halides is 6. The van der Waals surface area contributed by atoms with E-state index < -0.39 is 35.0 Å². The predicted molar refractivity (Wildman–Crippen MR) is 72.4 cm³/mol. The summed E-state index contributed by atoms with van der Waals surface area (Å²) in [7, 11) is 0. The zero-order chi connectivity index (χ0) is 17.4. The molecular formula is C16H12F6O. The van der Waals surface area contributed by atoms with Crippen molar-refractivity contribution in [2.45, 2.75) is 26.2 Å². The van der Waals surface area contributed by atoms with Crippen LogP contribution in [0.2, 0.25) is 0 Å². The van der Waals surface area contributed by atoms with Crippen molar-refractivity contribution >= 4 is 0 Å². The van der Waals surface area contributed by atoms with Crippen LogP contribution in [-0.2, 0) is 12.4 Å². The van der Waals surface area contributed by atoms with Crippen molar-refractivity contribution in [1.29, 1.82) is 0 Å². The molecule has 2 aromatic carbocycles. The monoisotopic (exact) mass is 334 g/mol. The molecule has 0 heterocycles. The highest BCUT2D eigenvalue weighted by atomic mass is 19.4. The molecule has 7 heteroatoms. The molecule has 0 saturated carbocycles. The Balaban J connectivity index is 2.53. The molecule has 0 N–H and O–H groups in total. The van der Waals surface area contributed by atoms with Gasteiger partial charge in [0.05, 0.1) is 11.1 Å². The molecule has 0 amide bonds. The van der Waals surface area contributed by atoms with Crippen LogP contribution in [0.1, 0.15) is 22.3 Å². The average Bonchev–Trinajstić information content (AvgIpc) is 2.40. The Labute approximate surface area is 128 Å². The number of ether oxygens (including phenoxy) is 1. The van der Waals surface area contributed by atoms with E-state index in [2.05, 4.69) is 0 Å². The van der Waals surface area contributed by atoms with Gasteiger partial charge in [0, 0.05) is 0 Å². The standard InChI is InChI=1S/C16H12F6O/c1-9-3-5-13(11(7-9)15(17,18)19)23-14-6-4-10(2)8-12(14)16(20,21)22/h3-8H,1-2H3. The summed E-state index contributed by atoms with van der Waals surface area (Å²) in [5, 5.41) is 0. The van der Waals surface area contributed by atoms with Gasteiger partial charge in [0.1, 0.15) is 11.5 Å². The molecule has 0 aromatic heterocycles. The van der Waals surface area contributed by atoms with Gasteiger partial charge >= 0.3 is 12.4 Å². The maximum Gasteiger partial charge on any atom is 0.419 e. The highest BCUT2D eigenvalue weighted by molar-refractivity contribution is 5.46. The quantitative estimate of drug-likeness (QED) is 0.600. The van der Waals surface area contributed by atoms with E-state index in [9.17, 15) is 26.3 Å². The molecule has 2 aromatic rings. The van der Waals surface area contributed by atoms with Crippen molar-refractivity contribution in [1.82, 2.24) is 0 Å². The Bertz CT molecular complexity index is 654. The number of hydrogen-bond acceptors (Lipinski definition) is 1. The first-order valence-electron chi connectivity index (χ1n) is 6.52. The second kappa shape index (κ2) is 5.79. The number of rotatable bonds is 2. The van der Waals surface area contributed by atoms with Gasteiger partial charge in [-0.3, -0.25) is 0 Å². The van der Waals surface area contributed by atoms with Crippen molar-refractivity contribution in [2.24, 2.45) is 0 Å². The Morgan fingerprint density at radius 1 is 0.652 bits per heavy atom. The zero-order valence-electron chi connectivity index (χ0n) is 12.1. The average molecular weight is 334 g/mol. The number of benzene rings is 2. The summed E-state index contributed by atoms with van der Waals surface area (Å²) < 4.78 is 83.1. The van der Waals surface area contributed by atoms with E-state index in [1.54, 1.807) is 0 Å². The van der Waals surface area contributed by atoms with Crippen LogP contribution in [0, 0.1) is 13.8 Å². The third kappa shape index (κ3) is 3.97. The van der Waals surface area contributed by atoms with Crippen molar-refractivity contribution in [2.75, 3.05) is 0 Å². The molecule has 0 saturated heterocycles. The van der Waals surface area contributed by atoms with Crippen LogP contribution in [0.5, 0.6) is 11.5 Å². The largest absolute Gasteiger partial charge is 0.456 e. The summed E-state index contributed by atoms with van der Waals surface area (Å²) in [4.78, 5) is 0. The van der Waals surface area contributed by atoms with E-state index in [1.807, 2.05) is 0 Å². The molecule has 0 aliphatic heterocycles. The topological polar surface area (TPSA) is 9.23 Å². The molecule has 0 aliphatic carbocycles. The third-order valence-corrected chi connectivity index (χ3v) is 3.10. The Morgan fingerprint density at radius 3 is 1.30 bits per heavy atom. The minimum absolute atomic E-state index is 0.324. The fraction of sp³-hybridized carbons (Fsp3) is 0.250. The fourth-order valence-corrected chi connectivity index (χ4v) is 2.03. The summed E-state index contributed by atoms with van der Waals surface area (Å²) in [6, 6.07) is 6.36. The third-order valence-electron chi connectivity index (χ3n) is 3.10. The lowest BCUT2D eigenvalue weighted by atomic mass is 10.1. The molecule has 0 unspecified atom stereocenters. The van der Waals surface area contributed by atoms with Crippen LogP contribution in [0.15, 0.2) is 36.4 Å². The molecule has 0 fully saturated rings. The molecule has 23 heavy (non-hydrogen) atoms. The molecule has 0 aliphatic rings. The molecule has 124 valence electrons. The summed E-state index contributed by atoms with van der Waals surface area (Å²) in [6.45, 7) is 2.90. The van der Waals surface area contributed by atoms with Crippen LogP contribution in [0.25, 0.3) is 0 Å². The molecule has 0 bridgehead atoms. The van der Waals surface area contributed by atoms with Gasteiger partial charge in [-0.05, 0) is 38.1 Å². The molecule has 0 atom stereocenters. The van der Waals surface area contributed by atoms with Crippen LogP contribution < -0.4 is 4.74 Å².